The topological polar surface area (TPSA) is 72.8 Å². The second kappa shape index (κ2) is 5.81. The lowest BCUT2D eigenvalue weighted by atomic mass is 9.78. The monoisotopic (exact) mass is 236 g/mol. The molecule has 0 heterocycles. The summed E-state index contributed by atoms with van der Waals surface area (Å²) in [7, 11) is 1.98. The summed E-state index contributed by atoms with van der Waals surface area (Å²) in [6.45, 7) is 2.09. The zero-order chi connectivity index (χ0) is 13.0. The van der Waals surface area contributed by atoms with Crippen LogP contribution in [0, 0.1) is 6.92 Å². The first kappa shape index (κ1) is 13.7. The van der Waals surface area contributed by atoms with Crippen LogP contribution in [0.2, 0.25) is 0 Å². The first-order valence-corrected chi connectivity index (χ1v) is 5.31. The van der Waals surface area contributed by atoms with Crippen LogP contribution in [0.25, 0.3) is 0 Å². The predicted octanol–water partition coefficient (Wildman–Crippen LogP) is -0.825. The minimum Gasteiger partial charge on any atom is -0.423 e. The van der Waals surface area contributed by atoms with Gasteiger partial charge in [-0.15, -0.1) is 0 Å². The maximum absolute atomic E-state index is 11.6. The summed E-state index contributed by atoms with van der Waals surface area (Å²) in [5.41, 5.74) is 1.63. The van der Waals surface area contributed by atoms with E-state index in [2.05, 4.69) is 5.32 Å². The van der Waals surface area contributed by atoms with Gasteiger partial charge in [0.25, 0.3) is 0 Å². The molecule has 1 amide bonds. The minimum atomic E-state index is -1.59. The first-order valence-electron chi connectivity index (χ1n) is 5.31. The highest BCUT2D eigenvalue weighted by Crippen LogP contribution is 2.07. The molecule has 0 aliphatic rings. The summed E-state index contributed by atoms with van der Waals surface area (Å²) in [6, 6.07) is 5.10. The standard InChI is InChI=1S/C11H17BN2O3/c1-8-4-5-10(9(6-8)12(16)17)13-11(15)7-14(2)3/h4-6,16-17H,7H2,1-3H3,(H,13,15). The molecule has 0 fully saturated rings. The Bertz CT molecular complexity index is 408. The molecule has 0 aromatic heterocycles. The lowest BCUT2D eigenvalue weighted by molar-refractivity contribution is -0.116. The third-order valence-corrected chi connectivity index (χ3v) is 2.22. The Balaban J connectivity index is 2.87. The number of rotatable bonds is 4. The van der Waals surface area contributed by atoms with Crippen LogP contribution in [0.5, 0.6) is 0 Å². The van der Waals surface area contributed by atoms with Crippen molar-refractivity contribution in [1.29, 1.82) is 0 Å². The second-order valence-corrected chi connectivity index (χ2v) is 4.25. The molecule has 0 saturated carbocycles. The molecule has 0 spiro atoms. The van der Waals surface area contributed by atoms with E-state index in [-0.39, 0.29) is 12.5 Å². The van der Waals surface area contributed by atoms with Gasteiger partial charge in [-0.2, -0.15) is 0 Å². The molecule has 6 heteroatoms. The van der Waals surface area contributed by atoms with Crippen molar-refractivity contribution in [2.75, 3.05) is 26.0 Å². The molecule has 17 heavy (non-hydrogen) atoms. The van der Waals surface area contributed by atoms with Gasteiger partial charge in [0, 0.05) is 11.2 Å². The number of nitrogens with one attached hydrogen (secondary N) is 1. The van der Waals surface area contributed by atoms with E-state index < -0.39 is 7.12 Å². The lowest BCUT2D eigenvalue weighted by Crippen LogP contribution is -2.35. The van der Waals surface area contributed by atoms with Crippen molar-refractivity contribution in [3.8, 4) is 0 Å². The molecular formula is C11H17BN2O3. The zero-order valence-electron chi connectivity index (χ0n) is 10.3. The predicted molar refractivity (Wildman–Crippen MR) is 68.2 cm³/mol. The van der Waals surface area contributed by atoms with Crippen molar-refractivity contribution in [1.82, 2.24) is 4.90 Å². The highest BCUT2D eigenvalue weighted by molar-refractivity contribution is 6.60. The zero-order valence-corrected chi connectivity index (χ0v) is 10.3. The van der Waals surface area contributed by atoms with Gasteiger partial charge in [-0.05, 0) is 27.1 Å². The van der Waals surface area contributed by atoms with Crippen LogP contribution < -0.4 is 10.8 Å². The van der Waals surface area contributed by atoms with Crippen molar-refractivity contribution in [3.63, 3.8) is 0 Å². The summed E-state index contributed by atoms with van der Waals surface area (Å²) in [6.07, 6.45) is 0. The number of hydrogen-bond donors (Lipinski definition) is 3. The van der Waals surface area contributed by atoms with Crippen LogP contribution in [-0.2, 0) is 4.79 Å². The highest BCUT2D eigenvalue weighted by Gasteiger charge is 2.17. The van der Waals surface area contributed by atoms with Gasteiger partial charge in [0.1, 0.15) is 0 Å². The number of amides is 1. The summed E-state index contributed by atoms with van der Waals surface area (Å²) < 4.78 is 0. The number of aryl methyl sites for hydroxylation is 1. The van der Waals surface area contributed by atoms with Crippen LogP contribution in [-0.4, -0.2) is 48.6 Å². The van der Waals surface area contributed by atoms with Gasteiger partial charge >= 0.3 is 7.12 Å². The molecule has 0 saturated heterocycles. The molecule has 0 atom stereocenters. The van der Waals surface area contributed by atoms with E-state index in [1.807, 2.05) is 6.92 Å². The van der Waals surface area contributed by atoms with Gasteiger partial charge in [0.15, 0.2) is 0 Å². The maximum atomic E-state index is 11.6. The van der Waals surface area contributed by atoms with Gasteiger partial charge in [-0.1, -0.05) is 17.7 Å². The second-order valence-electron chi connectivity index (χ2n) is 4.25. The Morgan fingerprint density at radius 1 is 1.41 bits per heavy atom. The Labute approximate surface area is 101 Å². The minimum absolute atomic E-state index is 0.194. The van der Waals surface area contributed by atoms with Gasteiger partial charge < -0.3 is 20.3 Å². The molecule has 1 aromatic carbocycles. The Kier molecular flexibility index (Phi) is 4.68. The Hall–Kier alpha value is -1.37. The van der Waals surface area contributed by atoms with Crippen molar-refractivity contribution in [3.05, 3.63) is 23.8 Å². The van der Waals surface area contributed by atoms with E-state index in [0.717, 1.165) is 5.56 Å². The van der Waals surface area contributed by atoms with Gasteiger partial charge in [-0.3, -0.25) is 4.79 Å². The SMILES string of the molecule is Cc1ccc(NC(=O)CN(C)C)c(B(O)O)c1. The number of anilines is 1. The molecule has 0 unspecified atom stereocenters. The number of likely N-dealkylation sites (N-methyl/N-ethyl adjacent to an activating group) is 1. The number of hydrogen-bond acceptors (Lipinski definition) is 4. The average Bonchev–Trinajstić information content (AvgIpc) is 2.19. The summed E-state index contributed by atoms with van der Waals surface area (Å²) >= 11 is 0. The third-order valence-electron chi connectivity index (χ3n) is 2.22. The number of benzene rings is 1. The highest BCUT2D eigenvalue weighted by atomic mass is 16.4. The maximum Gasteiger partial charge on any atom is 0.490 e. The summed E-state index contributed by atoms with van der Waals surface area (Å²) in [5, 5.41) is 21.1. The molecule has 1 rings (SSSR count). The number of nitrogens with zero attached hydrogens (tertiary/aromatic N) is 1. The van der Waals surface area contributed by atoms with Crippen molar-refractivity contribution < 1.29 is 14.8 Å². The average molecular weight is 236 g/mol. The molecule has 0 aliphatic carbocycles. The fraction of sp³-hybridized carbons (Fsp3) is 0.364. The van der Waals surface area contributed by atoms with Gasteiger partial charge in [0.05, 0.1) is 6.54 Å². The first-order chi connectivity index (χ1) is 7.90. The summed E-state index contributed by atoms with van der Waals surface area (Å²) in [4.78, 5) is 13.3. The normalized spacial score (nSPS) is 10.5. The third kappa shape index (κ3) is 4.18. The quantitative estimate of drug-likeness (QED) is 0.597. The van der Waals surface area contributed by atoms with Crippen LogP contribution in [0.4, 0.5) is 5.69 Å². The van der Waals surface area contributed by atoms with Crippen LogP contribution in [0.3, 0.4) is 0 Å². The van der Waals surface area contributed by atoms with E-state index in [1.165, 1.54) is 0 Å². The van der Waals surface area contributed by atoms with E-state index in [1.54, 1.807) is 37.2 Å². The van der Waals surface area contributed by atoms with Crippen LogP contribution >= 0.6 is 0 Å². The fourth-order valence-corrected chi connectivity index (χ4v) is 1.49. The molecule has 0 bridgehead atoms. The fourth-order valence-electron chi connectivity index (χ4n) is 1.49. The molecule has 0 radical (unpaired) electrons. The van der Waals surface area contributed by atoms with Crippen LogP contribution in [0.15, 0.2) is 18.2 Å². The molecule has 3 N–H and O–H groups in total. The lowest BCUT2D eigenvalue weighted by Gasteiger charge is -2.13. The molecule has 5 nitrogen and oxygen atoms in total. The van der Waals surface area contributed by atoms with Crippen molar-refractivity contribution in [2.24, 2.45) is 0 Å². The summed E-state index contributed by atoms with van der Waals surface area (Å²) in [5.74, 6) is -0.194. The molecule has 1 aromatic rings. The van der Waals surface area contributed by atoms with E-state index in [4.69, 9.17) is 0 Å². The largest absolute Gasteiger partial charge is 0.490 e. The van der Waals surface area contributed by atoms with Crippen molar-refractivity contribution in [2.45, 2.75) is 6.92 Å². The van der Waals surface area contributed by atoms with E-state index in [9.17, 15) is 14.8 Å². The Morgan fingerprint density at radius 2 is 2.06 bits per heavy atom. The van der Waals surface area contributed by atoms with Gasteiger partial charge in [-0.25, -0.2) is 0 Å². The van der Waals surface area contributed by atoms with E-state index in [0.29, 0.717) is 11.2 Å². The van der Waals surface area contributed by atoms with Gasteiger partial charge in [0.2, 0.25) is 5.91 Å². The molecule has 0 aliphatic heterocycles. The number of carbonyl (C=O) groups excluding carboxylic acids is 1. The van der Waals surface area contributed by atoms with E-state index >= 15 is 0 Å². The number of carbonyl (C=O) groups is 1. The molecular weight excluding hydrogens is 219 g/mol. The van der Waals surface area contributed by atoms with Crippen molar-refractivity contribution >= 4 is 24.2 Å². The Morgan fingerprint density at radius 3 is 2.59 bits per heavy atom. The van der Waals surface area contributed by atoms with Crippen LogP contribution in [0.1, 0.15) is 5.56 Å². The smallest absolute Gasteiger partial charge is 0.423 e. The molecule has 92 valence electrons.